The van der Waals surface area contributed by atoms with Gasteiger partial charge in [-0.1, -0.05) is 6.57 Å². The predicted molar refractivity (Wildman–Crippen MR) is 90.6 cm³/mol. The van der Waals surface area contributed by atoms with E-state index < -0.39 is 0 Å². The number of aryl methyl sites for hydroxylation is 1. The fourth-order valence-corrected chi connectivity index (χ4v) is 3.11. The first-order valence-electron chi connectivity index (χ1n) is 7.48. The van der Waals surface area contributed by atoms with E-state index in [1.807, 2.05) is 36.3 Å². The number of benzene rings is 1. The summed E-state index contributed by atoms with van der Waals surface area (Å²) in [6.07, 6.45) is 3.73. The molecule has 4 rings (SSSR count). The number of nitrogens with zero attached hydrogens (tertiary/aromatic N) is 4. The average Bonchev–Trinajstić information content (AvgIpc) is 3.05. The summed E-state index contributed by atoms with van der Waals surface area (Å²) < 4.78 is 5.89. The number of aromatic nitrogens is 1. The van der Waals surface area contributed by atoms with Crippen LogP contribution in [-0.2, 0) is 0 Å². The van der Waals surface area contributed by atoms with Crippen LogP contribution < -0.4 is 4.90 Å². The molecule has 0 fully saturated rings. The van der Waals surface area contributed by atoms with E-state index in [9.17, 15) is 0 Å². The Balaban J connectivity index is 1.92. The van der Waals surface area contributed by atoms with Crippen molar-refractivity contribution in [3.8, 4) is 0 Å². The highest BCUT2D eigenvalue weighted by Gasteiger charge is 2.30. The van der Waals surface area contributed by atoms with Gasteiger partial charge in [0.05, 0.1) is 7.05 Å². The molecule has 5 heteroatoms. The zero-order valence-electron chi connectivity index (χ0n) is 13.2. The fourth-order valence-electron chi connectivity index (χ4n) is 3.11. The van der Waals surface area contributed by atoms with Crippen LogP contribution in [0.25, 0.3) is 26.9 Å². The molecule has 0 spiro atoms. The van der Waals surface area contributed by atoms with Gasteiger partial charge in [-0.3, -0.25) is 0 Å². The molecule has 2 aromatic heterocycles. The number of hydrogen-bond donors (Lipinski definition) is 0. The molecule has 0 aliphatic carbocycles. The smallest absolute Gasteiger partial charge is 0.243 e. The third kappa shape index (κ3) is 1.88. The Kier molecular flexibility index (Phi) is 2.82. The number of anilines is 1. The molecule has 1 aliphatic heterocycles. The maximum absolute atomic E-state index is 7.29. The maximum atomic E-state index is 7.29. The normalized spacial score (nSPS) is 17.8. The van der Waals surface area contributed by atoms with Gasteiger partial charge < -0.3 is 19.1 Å². The van der Waals surface area contributed by atoms with Crippen molar-refractivity contribution in [2.24, 2.45) is 0 Å². The molecule has 0 saturated carbocycles. The van der Waals surface area contributed by atoms with Crippen molar-refractivity contribution in [3.63, 3.8) is 0 Å². The van der Waals surface area contributed by atoms with Crippen LogP contribution in [0.5, 0.6) is 0 Å². The first-order chi connectivity index (χ1) is 11.1. The summed E-state index contributed by atoms with van der Waals surface area (Å²) in [6, 6.07) is 8.12. The van der Waals surface area contributed by atoms with Gasteiger partial charge in [-0.2, -0.15) is 0 Å². The summed E-state index contributed by atoms with van der Waals surface area (Å²) in [5, 5.41) is 2.10. The summed E-state index contributed by atoms with van der Waals surface area (Å²) in [7, 11) is 1.94. The predicted octanol–water partition coefficient (Wildman–Crippen LogP) is 4.11. The highest BCUT2D eigenvalue weighted by Crippen LogP contribution is 2.36. The Morgan fingerprint density at radius 1 is 1.30 bits per heavy atom. The van der Waals surface area contributed by atoms with E-state index in [0.717, 1.165) is 27.6 Å². The molecule has 5 nitrogen and oxygen atoms in total. The molecule has 0 bridgehead atoms. The Hall–Kier alpha value is -3.00. The molecule has 3 aromatic rings. The summed E-state index contributed by atoms with van der Waals surface area (Å²) in [5.74, 6) is 0.642. The van der Waals surface area contributed by atoms with Crippen LogP contribution in [0.3, 0.4) is 0 Å². The largest absolute Gasteiger partial charge is 0.438 e. The molecule has 114 valence electrons. The second kappa shape index (κ2) is 4.75. The molecule has 0 saturated heterocycles. The minimum absolute atomic E-state index is 0.0951. The van der Waals surface area contributed by atoms with Crippen LogP contribution in [-0.4, -0.2) is 23.1 Å². The van der Waals surface area contributed by atoms with Crippen LogP contribution in [0, 0.1) is 13.5 Å². The number of hydrogen-bond acceptors (Lipinski definition) is 4. The van der Waals surface area contributed by atoms with Crippen molar-refractivity contribution in [2.45, 2.75) is 20.0 Å². The monoisotopic (exact) mass is 304 g/mol. The third-order valence-corrected chi connectivity index (χ3v) is 4.54. The second-order valence-corrected chi connectivity index (χ2v) is 5.84. The van der Waals surface area contributed by atoms with Crippen LogP contribution in [0.2, 0.25) is 0 Å². The van der Waals surface area contributed by atoms with Crippen LogP contribution in [0.1, 0.15) is 12.5 Å². The lowest BCUT2D eigenvalue weighted by molar-refractivity contribution is 0.365. The highest BCUT2D eigenvalue weighted by atomic mass is 16.3. The lowest BCUT2D eigenvalue weighted by atomic mass is 10.1. The van der Waals surface area contributed by atoms with Gasteiger partial charge in [0.1, 0.15) is 5.58 Å². The molecular formula is C18H16N4O. The van der Waals surface area contributed by atoms with Gasteiger partial charge in [-0.05, 0) is 37.6 Å². The molecule has 0 unspecified atom stereocenters. The Morgan fingerprint density at radius 2 is 2.13 bits per heavy atom. The lowest BCUT2D eigenvalue weighted by Gasteiger charge is -2.26. The summed E-state index contributed by atoms with van der Waals surface area (Å²) in [6.45, 7) is 11.5. The van der Waals surface area contributed by atoms with Crippen LogP contribution >= 0.6 is 0 Å². The summed E-state index contributed by atoms with van der Waals surface area (Å²) in [4.78, 5) is 12.0. The molecule has 0 N–H and O–H groups in total. The van der Waals surface area contributed by atoms with Crippen LogP contribution in [0.15, 0.2) is 46.9 Å². The molecule has 0 amide bonds. The Morgan fingerprint density at radius 3 is 2.87 bits per heavy atom. The standard InChI is InChI=1S/C18H16N4O/c1-11-8-14-13-6-5-7-20-18(13)23-16(14)9-15(11)22-10-17(19-3)21(4)12(22)2/h5-10,12H,1-2,4H3/t12-/m0/s1. The van der Waals surface area contributed by atoms with Gasteiger partial charge in [0, 0.05) is 34.9 Å². The molecule has 1 aliphatic rings. The van der Waals surface area contributed by atoms with Crippen molar-refractivity contribution in [2.75, 3.05) is 11.9 Å². The number of furan rings is 1. The van der Waals surface area contributed by atoms with Crippen molar-refractivity contribution in [1.29, 1.82) is 0 Å². The summed E-state index contributed by atoms with van der Waals surface area (Å²) in [5.41, 5.74) is 3.67. The Labute approximate surface area is 134 Å². The number of pyridine rings is 1. The first kappa shape index (κ1) is 13.6. The SMILES string of the molecule is [C-]#[N+]C1=CN(c2cc3oc4ncccc4c3cc2C)[C@@H](C)N1C. The van der Waals surface area contributed by atoms with Gasteiger partial charge in [0.15, 0.2) is 6.17 Å². The van der Waals surface area contributed by atoms with E-state index >= 15 is 0 Å². The minimum Gasteiger partial charge on any atom is -0.438 e. The molecular weight excluding hydrogens is 288 g/mol. The molecule has 1 aromatic carbocycles. The summed E-state index contributed by atoms with van der Waals surface area (Å²) >= 11 is 0. The lowest BCUT2D eigenvalue weighted by Crippen LogP contribution is -2.34. The molecule has 0 radical (unpaired) electrons. The molecule has 3 heterocycles. The van der Waals surface area contributed by atoms with E-state index in [-0.39, 0.29) is 6.17 Å². The first-order valence-corrected chi connectivity index (χ1v) is 7.48. The van der Waals surface area contributed by atoms with Crippen molar-refractivity contribution >= 4 is 27.8 Å². The minimum atomic E-state index is 0.0951. The third-order valence-electron chi connectivity index (χ3n) is 4.54. The van der Waals surface area contributed by atoms with E-state index in [0.29, 0.717) is 11.5 Å². The Bertz CT molecular complexity index is 995. The molecule has 23 heavy (non-hydrogen) atoms. The van der Waals surface area contributed by atoms with Gasteiger partial charge in [0.25, 0.3) is 0 Å². The van der Waals surface area contributed by atoms with Gasteiger partial charge >= 0.3 is 0 Å². The quantitative estimate of drug-likeness (QED) is 0.634. The van der Waals surface area contributed by atoms with Gasteiger partial charge in [0.2, 0.25) is 11.5 Å². The van der Waals surface area contributed by atoms with E-state index in [4.69, 9.17) is 11.0 Å². The van der Waals surface area contributed by atoms with E-state index in [1.165, 1.54) is 0 Å². The second-order valence-electron chi connectivity index (χ2n) is 5.84. The number of fused-ring (bicyclic) bond motifs is 3. The zero-order valence-corrected chi connectivity index (χ0v) is 13.2. The van der Waals surface area contributed by atoms with E-state index in [1.54, 1.807) is 6.20 Å². The fraction of sp³-hybridized carbons (Fsp3) is 0.222. The number of rotatable bonds is 1. The zero-order chi connectivity index (χ0) is 16.1. The van der Waals surface area contributed by atoms with Crippen LogP contribution in [0.4, 0.5) is 5.69 Å². The maximum Gasteiger partial charge on any atom is 0.243 e. The van der Waals surface area contributed by atoms with Crippen molar-refractivity contribution in [3.05, 3.63) is 59.5 Å². The van der Waals surface area contributed by atoms with Gasteiger partial charge in [-0.15, -0.1) is 0 Å². The highest BCUT2D eigenvalue weighted by molar-refractivity contribution is 6.05. The van der Waals surface area contributed by atoms with Crippen molar-refractivity contribution in [1.82, 2.24) is 9.88 Å². The van der Waals surface area contributed by atoms with Crippen molar-refractivity contribution < 1.29 is 4.42 Å². The average molecular weight is 304 g/mol. The topological polar surface area (TPSA) is 36.9 Å². The van der Waals surface area contributed by atoms with Gasteiger partial charge in [-0.25, -0.2) is 4.98 Å². The molecule has 1 atom stereocenters. The van der Waals surface area contributed by atoms with E-state index in [2.05, 4.69) is 34.6 Å².